The Kier molecular flexibility index (Phi) is 6.30. The molecule has 2 aromatic carbocycles. The lowest BCUT2D eigenvalue weighted by Gasteiger charge is -2.18. The Morgan fingerprint density at radius 1 is 1.19 bits per heavy atom. The molecule has 3 rings (SSSR count). The standard InChI is InChI=1S/C23H28N2O2/c1-4-10-18-11-6-9-14-22(18)27-16-19(26)15-25-21-13-8-7-12-20(21)24-23(25)17(3)5-2/h4,6-9,11-14,17,19,26H,1,5,10,15-16H2,2-3H3. The van der Waals surface area contributed by atoms with Crippen LogP contribution in [0.2, 0.25) is 0 Å². The van der Waals surface area contributed by atoms with Gasteiger partial charge in [0.1, 0.15) is 24.3 Å². The lowest BCUT2D eigenvalue weighted by Crippen LogP contribution is -2.25. The molecule has 4 heteroatoms. The molecule has 4 nitrogen and oxygen atoms in total. The highest BCUT2D eigenvalue weighted by Gasteiger charge is 2.18. The number of imidazole rings is 1. The van der Waals surface area contributed by atoms with Crippen LogP contribution in [-0.2, 0) is 13.0 Å². The first-order valence-corrected chi connectivity index (χ1v) is 9.58. The number of hydrogen-bond donors (Lipinski definition) is 1. The second-order valence-corrected chi connectivity index (χ2v) is 6.94. The maximum Gasteiger partial charge on any atom is 0.122 e. The van der Waals surface area contributed by atoms with Crippen molar-refractivity contribution in [2.24, 2.45) is 0 Å². The molecule has 1 aromatic heterocycles. The molecule has 0 bridgehead atoms. The van der Waals surface area contributed by atoms with E-state index in [9.17, 15) is 5.11 Å². The summed E-state index contributed by atoms with van der Waals surface area (Å²) in [5.74, 6) is 2.15. The zero-order chi connectivity index (χ0) is 19.2. The fraction of sp³-hybridized carbons (Fsp3) is 0.348. The largest absolute Gasteiger partial charge is 0.491 e. The smallest absolute Gasteiger partial charge is 0.122 e. The number of ether oxygens (including phenoxy) is 1. The Morgan fingerprint density at radius 3 is 2.70 bits per heavy atom. The molecule has 142 valence electrons. The van der Waals surface area contributed by atoms with E-state index < -0.39 is 6.10 Å². The van der Waals surface area contributed by atoms with Gasteiger partial charge in [-0.1, -0.05) is 50.3 Å². The molecule has 0 aliphatic carbocycles. The molecule has 27 heavy (non-hydrogen) atoms. The maximum absolute atomic E-state index is 10.6. The highest BCUT2D eigenvalue weighted by atomic mass is 16.5. The van der Waals surface area contributed by atoms with Gasteiger partial charge in [0, 0.05) is 5.92 Å². The van der Waals surface area contributed by atoms with E-state index in [0.717, 1.165) is 41.0 Å². The molecular weight excluding hydrogens is 336 g/mol. The van der Waals surface area contributed by atoms with E-state index in [1.807, 2.05) is 48.5 Å². The second-order valence-electron chi connectivity index (χ2n) is 6.94. The van der Waals surface area contributed by atoms with E-state index >= 15 is 0 Å². The van der Waals surface area contributed by atoms with E-state index in [-0.39, 0.29) is 6.61 Å². The summed E-state index contributed by atoms with van der Waals surface area (Å²) in [4.78, 5) is 4.79. The number of hydrogen-bond acceptors (Lipinski definition) is 3. The van der Waals surface area contributed by atoms with E-state index in [1.54, 1.807) is 0 Å². The molecule has 1 heterocycles. The maximum atomic E-state index is 10.6. The van der Waals surface area contributed by atoms with Gasteiger partial charge in [-0.2, -0.15) is 0 Å². The molecule has 2 atom stereocenters. The van der Waals surface area contributed by atoms with Crippen LogP contribution in [0.5, 0.6) is 5.75 Å². The van der Waals surface area contributed by atoms with Crippen LogP contribution in [0.25, 0.3) is 11.0 Å². The van der Waals surface area contributed by atoms with Crippen molar-refractivity contribution >= 4 is 11.0 Å². The number of benzene rings is 2. The summed E-state index contributed by atoms with van der Waals surface area (Å²) in [6.45, 7) is 8.82. The number of aliphatic hydroxyl groups excluding tert-OH is 1. The van der Waals surface area contributed by atoms with Gasteiger partial charge in [-0.15, -0.1) is 6.58 Å². The number of aromatic nitrogens is 2. The third-order valence-corrected chi connectivity index (χ3v) is 4.90. The normalized spacial score (nSPS) is 13.4. The van der Waals surface area contributed by atoms with Crippen LogP contribution in [0.1, 0.15) is 37.6 Å². The third kappa shape index (κ3) is 4.40. The van der Waals surface area contributed by atoms with Gasteiger partial charge in [-0.05, 0) is 36.6 Å². The minimum atomic E-state index is -0.623. The Labute approximate surface area is 161 Å². The van der Waals surface area contributed by atoms with Crippen molar-refractivity contribution in [3.63, 3.8) is 0 Å². The summed E-state index contributed by atoms with van der Waals surface area (Å²) in [5, 5.41) is 10.6. The number of aliphatic hydroxyl groups is 1. The van der Waals surface area contributed by atoms with Gasteiger partial charge < -0.3 is 14.4 Å². The predicted molar refractivity (Wildman–Crippen MR) is 110 cm³/mol. The molecule has 0 aliphatic heterocycles. The summed E-state index contributed by atoms with van der Waals surface area (Å²) in [6.07, 6.45) is 2.98. The van der Waals surface area contributed by atoms with Gasteiger partial charge >= 0.3 is 0 Å². The molecule has 0 radical (unpaired) electrons. The van der Waals surface area contributed by atoms with Crippen molar-refractivity contribution in [1.82, 2.24) is 9.55 Å². The Morgan fingerprint density at radius 2 is 1.93 bits per heavy atom. The lowest BCUT2D eigenvalue weighted by atomic mass is 10.1. The molecule has 0 saturated carbocycles. The quantitative estimate of drug-likeness (QED) is 0.559. The average molecular weight is 364 g/mol. The van der Waals surface area contributed by atoms with Crippen LogP contribution in [-0.4, -0.2) is 27.4 Å². The molecule has 3 aromatic rings. The number of fused-ring (bicyclic) bond motifs is 1. The molecule has 0 aliphatic rings. The zero-order valence-electron chi connectivity index (χ0n) is 16.1. The van der Waals surface area contributed by atoms with Gasteiger partial charge in [-0.25, -0.2) is 4.98 Å². The van der Waals surface area contributed by atoms with Gasteiger partial charge in [0.25, 0.3) is 0 Å². The fourth-order valence-electron chi connectivity index (χ4n) is 3.26. The average Bonchev–Trinajstić information content (AvgIpc) is 3.05. The SMILES string of the molecule is C=CCc1ccccc1OCC(O)Cn1c(C(C)CC)nc2ccccc21. The van der Waals surface area contributed by atoms with Crippen LogP contribution in [0.4, 0.5) is 0 Å². The first-order valence-electron chi connectivity index (χ1n) is 9.58. The number of para-hydroxylation sites is 3. The van der Waals surface area contributed by atoms with Crippen molar-refractivity contribution in [2.75, 3.05) is 6.61 Å². The Balaban J connectivity index is 1.76. The topological polar surface area (TPSA) is 47.3 Å². The summed E-state index contributed by atoms with van der Waals surface area (Å²) < 4.78 is 8.04. The van der Waals surface area contributed by atoms with Crippen molar-refractivity contribution in [1.29, 1.82) is 0 Å². The monoisotopic (exact) mass is 364 g/mol. The van der Waals surface area contributed by atoms with E-state index in [0.29, 0.717) is 12.5 Å². The highest BCUT2D eigenvalue weighted by Crippen LogP contribution is 2.25. The van der Waals surface area contributed by atoms with E-state index in [1.165, 1.54) is 0 Å². The van der Waals surface area contributed by atoms with Crippen LogP contribution in [0.15, 0.2) is 61.2 Å². The number of nitrogens with zero attached hydrogens (tertiary/aromatic N) is 2. The van der Waals surface area contributed by atoms with Gasteiger partial charge in [-0.3, -0.25) is 0 Å². The van der Waals surface area contributed by atoms with Gasteiger partial charge in [0.2, 0.25) is 0 Å². The van der Waals surface area contributed by atoms with Crippen molar-refractivity contribution in [2.45, 2.75) is 45.3 Å². The molecule has 0 amide bonds. The second kappa shape index (κ2) is 8.87. The summed E-state index contributed by atoms with van der Waals surface area (Å²) in [6, 6.07) is 16.0. The predicted octanol–water partition coefficient (Wildman–Crippen LogP) is 4.72. The van der Waals surface area contributed by atoms with Crippen molar-refractivity contribution in [3.8, 4) is 5.75 Å². The van der Waals surface area contributed by atoms with E-state index in [4.69, 9.17) is 9.72 Å². The molecular formula is C23H28N2O2. The molecule has 0 fully saturated rings. The number of rotatable bonds is 9. The molecule has 1 N–H and O–H groups in total. The fourth-order valence-corrected chi connectivity index (χ4v) is 3.26. The summed E-state index contributed by atoms with van der Waals surface area (Å²) in [5.41, 5.74) is 3.10. The first kappa shape index (κ1) is 19.2. The number of allylic oxidation sites excluding steroid dienone is 1. The minimum Gasteiger partial charge on any atom is -0.491 e. The van der Waals surface area contributed by atoms with Crippen molar-refractivity contribution in [3.05, 3.63) is 72.6 Å². The Hall–Kier alpha value is -2.59. The zero-order valence-corrected chi connectivity index (χ0v) is 16.1. The Bertz CT molecular complexity index is 900. The lowest BCUT2D eigenvalue weighted by molar-refractivity contribution is 0.0920. The first-order chi connectivity index (χ1) is 13.1. The van der Waals surface area contributed by atoms with Crippen LogP contribution in [0, 0.1) is 0 Å². The van der Waals surface area contributed by atoms with Crippen LogP contribution in [0.3, 0.4) is 0 Å². The van der Waals surface area contributed by atoms with Gasteiger partial charge in [0.15, 0.2) is 0 Å². The molecule has 0 saturated heterocycles. The molecule has 2 unspecified atom stereocenters. The van der Waals surface area contributed by atoms with Gasteiger partial charge in [0.05, 0.1) is 17.6 Å². The molecule has 0 spiro atoms. The highest BCUT2D eigenvalue weighted by molar-refractivity contribution is 5.76. The van der Waals surface area contributed by atoms with Crippen LogP contribution < -0.4 is 4.74 Å². The summed E-state index contributed by atoms with van der Waals surface area (Å²) >= 11 is 0. The van der Waals surface area contributed by atoms with Crippen LogP contribution >= 0.6 is 0 Å². The van der Waals surface area contributed by atoms with E-state index in [2.05, 4.69) is 31.1 Å². The van der Waals surface area contributed by atoms with Crippen molar-refractivity contribution < 1.29 is 9.84 Å². The summed E-state index contributed by atoms with van der Waals surface area (Å²) in [7, 11) is 0. The third-order valence-electron chi connectivity index (χ3n) is 4.90. The minimum absolute atomic E-state index is 0.237.